The summed E-state index contributed by atoms with van der Waals surface area (Å²) in [6.45, 7) is 1.36. The Morgan fingerprint density at radius 3 is 2.74 bits per heavy atom. The zero-order valence-electron chi connectivity index (χ0n) is 10.5. The summed E-state index contributed by atoms with van der Waals surface area (Å²) >= 11 is 0. The highest BCUT2D eigenvalue weighted by Gasteiger charge is 2.06. The van der Waals surface area contributed by atoms with Crippen LogP contribution in [0.1, 0.15) is 23.2 Å². The van der Waals surface area contributed by atoms with Crippen LogP contribution in [0.25, 0.3) is 0 Å². The Kier molecular flexibility index (Phi) is 4.98. The van der Waals surface area contributed by atoms with Gasteiger partial charge in [0.15, 0.2) is 0 Å². The molecular formula is C15H16F2N2. The summed E-state index contributed by atoms with van der Waals surface area (Å²) in [7, 11) is 0. The summed E-state index contributed by atoms with van der Waals surface area (Å²) in [6.07, 6.45) is 0.185. The van der Waals surface area contributed by atoms with Crippen LogP contribution in [-0.2, 0) is 13.0 Å². The predicted molar refractivity (Wildman–Crippen MR) is 71.0 cm³/mol. The Bertz CT molecular complexity index is 501. The molecule has 0 amide bonds. The van der Waals surface area contributed by atoms with Crippen LogP contribution in [-0.4, -0.2) is 11.5 Å². The average Bonchev–Trinajstić information content (AvgIpc) is 2.45. The fourth-order valence-electron chi connectivity index (χ4n) is 1.83. The minimum atomic E-state index is -2.41. The van der Waals surface area contributed by atoms with Crippen LogP contribution in [0, 0.1) is 0 Å². The number of halogens is 2. The van der Waals surface area contributed by atoms with E-state index in [1.807, 2.05) is 24.3 Å². The van der Waals surface area contributed by atoms with Gasteiger partial charge in [0.1, 0.15) is 0 Å². The number of hydrogen-bond acceptors (Lipinski definition) is 2. The number of nitrogens with zero attached hydrogens (tertiary/aromatic N) is 1. The highest BCUT2D eigenvalue weighted by molar-refractivity contribution is 5.24. The Labute approximate surface area is 111 Å². The maximum Gasteiger partial charge on any atom is 0.263 e. The topological polar surface area (TPSA) is 24.9 Å². The summed E-state index contributed by atoms with van der Waals surface area (Å²) in [5.41, 5.74) is 1.97. The molecule has 0 saturated carbocycles. The molecule has 4 heteroatoms. The van der Waals surface area contributed by atoms with E-state index in [0.29, 0.717) is 6.54 Å². The van der Waals surface area contributed by atoms with Crippen LogP contribution in [0.4, 0.5) is 8.78 Å². The molecule has 0 aliphatic carbocycles. The summed E-state index contributed by atoms with van der Waals surface area (Å²) in [5, 5.41) is 3.23. The maximum atomic E-state index is 12.5. The molecule has 0 fully saturated rings. The van der Waals surface area contributed by atoms with Gasteiger partial charge < -0.3 is 5.32 Å². The van der Waals surface area contributed by atoms with E-state index in [1.165, 1.54) is 6.07 Å². The van der Waals surface area contributed by atoms with E-state index in [9.17, 15) is 8.78 Å². The zero-order chi connectivity index (χ0) is 13.5. The van der Waals surface area contributed by atoms with E-state index in [-0.39, 0.29) is 5.56 Å². The fourth-order valence-corrected chi connectivity index (χ4v) is 1.83. The zero-order valence-corrected chi connectivity index (χ0v) is 10.5. The first-order valence-electron chi connectivity index (χ1n) is 6.23. The van der Waals surface area contributed by atoms with E-state index in [2.05, 4.69) is 10.3 Å². The molecule has 0 saturated heterocycles. The predicted octanol–water partition coefficient (Wildman–Crippen LogP) is 3.35. The van der Waals surface area contributed by atoms with Crippen molar-refractivity contribution in [2.75, 3.05) is 6.54 Å². The largest absolute Gasteiger partial charge is 0.312 e. The van der Waals surface area contributed by atoms with Gasteiger partial charge >= 0.3 is 0 Å². The number of benzene rings is 1. The Morgan fingerprint density at radius 1 is 1.11 bits per heavy atom. The minimum Gasteiger partial charge on any atom is -0.312 e. The van der Waals surface area contributed by atoms with Crippen molar-refractivity contribution in [2.24, 2.45) is 0 Å². The third-order valence-corrected chi connectivity index (χ3v) is 2.82. The molecule has 2 rings (SSSR count). The number of alkyl halides is 2. The van der Waals surface area contributed by atoms with Crippen molar-refractivity contribution in [2.45, 2.75) is 19.4 Å². The second-order valence-corrected chi connectivity index (χ2v) is 4.29. The van der Waals surface area contributed by atoms with Gasteiger partial charge in [-0.2, -0.15) is 0 Å². The van der Waals surface area contributed by atoms with Crippen molar-refractivity contribution in [3.63, 3.8) is 0 Å². The van der Waals surface area contributed by atoms with Crippen LogP contribution in [0.2, 0.25) is 0 Å². The number of nitrogens with one attached hydrogen (secondary N) is 1. The standard InChI is InChI=1S/C15H16F2N2/c16-15(17)13-5-3-4-12(10-13)11-18-9-7-14-6-1-2-8-19-14/h1-6,8,10,15,18H,7,9,11H2. The van der Waals surface area contributed by atoms with Crippen molar-refractivity contribution in [3.8, 4) is 0 Å². The average molecular weight is 262 g/mol. The normalized spacial score (nSPS) is 10.9. The Hall–Kier alpha value is -1.81. The molecule has 0 radical (unpaired) electrons. The van der Waals surface area contributed by atoms with E-state index >= 15 is 0 Å². The van der Waals surface area contributed by atoms with Crippen molar-refractivity contribution in [3.05, 3.63) is 65.5 Å². The lowest BCUT2D eigenvalue weighted by atomic mass is 10.1. The van der Waals surface area contributed by atoms with Gasteiger partial charge in [0, 0.05) is 37.0 Å². The number of pyridine rings is 1. The molecule has 0 atom stereocenters. The summed E-state index contributed by atoms with van der Waals surface area (Å²) < 4.78 is 25.1. The molecule has 0 aliphatic rings. The van der Waals surface area contributed by atoms with Gasteiger partial charge in [0.2, 0.25) is 0 Å². The summed E-state index contributed by atoms with van der Waals surface area (Å²) in [4.78, 5) is 4.22. The van der Waals surface area contributed by atoms with Crippen LogP contribution in [0.15, 0.2) is 48.7 Å². The van der Waals surface area contributed by atoms with Gasteiger partial charge in [0.25, 0.3) is 6.43 Å². The third kappa shape index (κ3) is 4.41. The second-order valence-electron chi connectivity index (χ2n) is 4.29. The summed E-state index contributed by atoms with van der Waals surface area (Å²) in [6, 6.07) is 12.3. The molecule has 0 aliphatic heterocycles. The van der Waals surface area contributed by atoms with Gasteiger partial charge in [-0.05, 0) is 23.8 Å². The SMILES string of the molecule is FC(F)c1cccc(CNCCc2ccccn2)c1. The first-order valence-corrected chi connectivity index (χ1v) is 6.23. The lowest BCUT2D eigenvalue weighted by molar-refractivity contribution is 0.151. The highest BCUT2D eigenvalue weighted by Crippen LogP contribution is 2.19. The quantitative estimate of drug-likeness (QED) is 0.807. The molecule has 2 aromatic rings. The molecule has 0 unspecified atom stereocenters. The third-order valence-electron chi connectivity index (χ3n) is 2.82. The molecule has 2 nitrogen and oxygen atoms in total. The van der Waals surface area contributed by atoms with Gasteiger partial charge in [-0.25, -0.2) is 8.78 Å². The highest BCUT2D eigenvalue weighted by atomic mass is 19.3. The van der Waals surface area contributed by atoms with Crippen molar-refractivity contribution < 1.29 is 8.78 Å². The monoisotopic (exact) mass is 262 g/mol. The Balaban J connectivity index is 1.78. The van der Waals surface area contributed by atoms with Gasteiger partial charge in [-0.15, -0.1) is 0 Å². The summed E-state index contributed by atoms with van der Waals surface area (Å²) in [5.74, 6) is 0. The molecule has 19 heavy (non-hydrogen) atoms. The van der Waals surface area contributed by atoms with Crippen molar-refractivity contribution >= 4 is 0 Å². The molecule has 0 spiro atoms. The van der Waals surface area contributed by atoms with Crippen LogP contribution >= 0.6 is 0 Å². The molecule has 1 aromatic carbocycles. The van der Waals surface area contributed by atoms with Gasteiger partial charge in [-0.3, -0.25) is 4.98 Å². The van der Waals surface area contributed by atoms with Crippen LogP contribution < -0.4 is 5.32 Å². The van der Waals surface area contributed by atoms with Gasteiger partial charge in [-0.1, -0.05) is 24.3 Å². The van der Waals surface area contributed by atoms with Crippen molar-refractivity contribution in [1.82, 2.24) is 10.3 Å². The first kappa shape index (κ1) is 13.6. The lowest BCUT2D eigenvalue weighted by Gasteiger charge is -2.06. The van der Waals surface area contributed by atoms with Crippen LogP contribution in [0.5, 0.6) is 0 Å². The van der Waals surface area contributed by atoms with E-state index in [1.54, 1.807) is 18.3 Å². The molecule has 0 bridgehead atoms. The van der Waals surface area contributed by atoms with E-state index < -0.39 is 6.43 Å². The first-order chi connectivity index (χ1) is 9.25. The van der Waals surface area contributed by atoms with Crippen LogP contribution in [0.3, 0.4) is 0 Å². The fraction of sp³-hybridized carbons (Fsp3) is 0.267. The number of hydrogen-bond donors (Lipinski definition) is 1. The minimum absolute atomic E-state index is 0.0732. The lowest BCUT2D eigenvalue weighted by Crippen LogP contribution is -2.17. The van der Waals surface area contributed by atoms with Gasteiger partial charge in [0.05, 0.1) is 0 Å². The molecular weight excluding hydrogens is 246 g/mol. The molecule has 1 heterocycles. The van der Waals surface area contributed by atoms with E-state index in [0.717, 1.165) is 24.2 Å². The molecule has 100 valence electrons. The smallest absolute Gasteiger partial charge is 0.263 e. The van der Waals surface area contributed by atoms with E-state index in [4.69, 9.17) is 0 Å². The van der Waals surface area contributed by atoms with Crippen molar-refractivity contribution in [1.29, 1.82) is 0 Å². The second kappa shape index (κ2) is 6.95. The maximum absolute atomic E-state index is 12.5. The molecule has 1 aromatic heterocycles. The Morgan fingerprint density at radius 2 is 2.00 bits per heavy atom. The number of aromatic nitrogens is 1. The number of rotatable bonds is 6. The molecule has 1 N–H and O–H groups in total.